The number of nitrogens with two attached hydrogens (primary N) is 1. The lowest BCUT2D eigenvalue weighted by Crippen LogP contribution is -2.32. The summed E-state index contributed by atoms with van der Waals surface area (Å²) in [4.78, 5) is 2.43. The first-order chi connectivity index (χ1) is 9.10. The van der Waals surface area contributed by atoms with Crippen LogP contribution in [-0.4, -0.2) is 35.6 Å². The normalized spacial score (nSPS) is 12.6. The molecule has 0 aliphatic heterocycles. The minimum absolute atomic E-state index is 0.330. The molecule has 19 heavy (non-hydrogen) atoms. The minimum Gasteiger partial charge on any atom is -0.409 e. The van der Waals surface area contributed by atoms with Gasteiger partial charge in [0, 0.05) is 19.5 Å². The first kappa shape index (κ1) is 18.2. The molecule has 0 saturated carbocycles. The van der Waals surface area contributed by atoms with Crippen molar-refractivity contribution in [1.82, 2.24) is 4.90 Å². The van der Waals surface area contributed by atoms with Crippen LogP contribution >= 0.6 is 0 Å². The summed E-state index contributed by atoms with van der Waals surface area (Å²) in [5.41, 5.74) is 5.54. The van der Waals surface area contributed by atoms with Gasteiger partial charge < -0.3 is 15.8 Å². The van der Waals surface area contributed by atoms with E-state index in [4.69, 9.17) is 10.9 Å². The van der Waals surface area contributed by atoms with Gasteiger partial charge in [0.25, 0.3) is 0 Å². The third kappa shape index (κ3) is 12.0. The second-order valence-corrected chi connectivity index (χ2v) is 5.80. The molecule has 0 aromatic heterocycles. The number of hydrogen-bond donors (Lipinski definition) is 2. The molecular formula is C15H33N3O. The monoisotopic (exact) mass is 271 g/mol. The van der Waals surface area contributed by atoms with E-state index in [1.807, 2.05) is 0 Å². The maximum atomic E-state index is 8.57. The van der Waals surface area contributed by atoms with E-state index in [0.717, 1.165) is 19.6 Å². The van der Waals surface area contributed by atoms with Gasteiger partial charge in [-0.2, -0.15) is 0 Å². The lowest BCUT2D eigenvalue weighted by Gasteiger charge is -2.24. The average Bonchev–Trinajstić information content (AvgIpc) is 2.38. The van der Waals surface area contributed by atoms with Crippen molar-refractivity contribution in [1.29, 1.82) is 0 Å². The molecule has 0 amide bonds. The van der Waals surface area contributed by atoms with Crippen molar-refractivity contribution in [2.45, 2.75) is 65.7 Å². The zero-order chi connectivity index (χ0) is 14.5. The van der Waals surface area contributed by atoms with E-state index in [9.17, 15) is 0 Å². The fourth-order valence-electron chi connectivity index (χ4n) is 2.25. The highest BCUT2D eigenvalue weighted by atomic mass is 16.4. The molecule has 0 heterocycles. The summed E-state index contributed by atoms with van der Waals surface area (Å²) in [6, 6.07) is 0. The van der Waals surface area contributed by atoms with E-state index in [2.05, 4.69) is 30.8 Å². The second-order valence-electron chi connectivity index (χ2n) is 5.80. The molecule has 0 aromatic rings. The van der Waals surface area contributed by atoms with Gasteiger partial charge in [0.15, 0.2) is 0 Å². The van der Waals surface area contributed by atoms with Gasteiger partial charge >= 0.3 is 0 Å². The summed E-state index contributed by atoms with van der Waals surface area (Å²) >= 11 is 0. The maximum Gasteiger partial charge on any atom is 0.140 e. The lowest BCUT2D eigenvalue weighted by molar-refractivity contribution is 0.243. The molecule has 0 unspecified atom stereocenters. The van der Waals surface area contributed by atoms with Gasteiger partial charge in [-0.3, -0.25) is 0 Å². The molecule has 0 spiro atoms. The molecule has 4 heteroatoms. The molecule has 0 atom stereocenters. The Morgan fingerprint density at radius 1 is 1.11 bits per heavy atom. The van der Waals surface area contributed by atoms with Gasteiger partial charge in [0.2, 0.25) is 0 Å². The quantitative estimate of drug-likeness (QED) is 0.188. The van der Waals surface area contributed by atoms with E-state index >= 15 is 0 Å². The predicted molar refractivity (Wildman–Crippen MR) is 82.7 cm³/mol. The molecule has 0 aliphatic rings. The lowest BCUT2D eigenvalue weighted by atomic mass is 10.1. The third-order valence-corrected chi connectivity index (χ3v) is 3.26. The van der Waals surface area contributed by atoms with Crippen molar-refractivity contribution >= 4 is 5.84 Å². The summed E-state index contributed by atoms with van der Waals surface area (Å²) in [5.74, 6) is 0.990. The fourth-order valence-corrected chi connectivity index (χ4v) is 2.25. The zero-order valence-corrected chi connectivity index (χ0v) is 13.1. The molecule has 0 saturated heterocycles. The first-order valence-electron chi connectivity index (χ1n) is 7.78. The van der Waals surface area contributed by atoms with Gasteiger partial charge in [-0.05, 0) is 18.9 Å². The summed E-state index contributed by atoms with van der Waals surface area (Å²) in [5, 5.41) is 11.6. The van der Waals surface area contributed by atoms with Crippen molar-refractivity contribution in [3.8, 4) is 0 Å². The summed E-state index contributed by atoms with van der Waals surface area (Å²) in [6.45, 7) is 9.83. The Morgan fingerprint density at radius 3 is 2.32 bits per heavy atom. The van der Waals surface area contributed by atoms with Crippen molar-refractivity contribution < 1.29 is 5.21 Å². The van der Waals surface area contributed by atoms with Gasteiger partial charge in [0.1, 0.15) is 5.84 Å². The Balaban J connectivity index is 3.80. The Morgan fingerprint density at radius 2 is 1.74 bits per heavy atom. The largest absolute Gasteiger partial charge is 0.409 e. The van der Waals surface area contributed by atoms with Gasteiger partial charge in [0.05, 0.1) is 0 Å². The van der Waals surface area contributed by atoms with Crippen molar-refractivity contribution in [3.63, 3.8) is 0 Å². The standard InChI is InChI=1S/C15H33N3O/c1-4-5-6-7-8-9-11-18(13-14(2)3)12-10-15(16)17-19/h14,19H,4-13H2,1-3H3,(H2,16,17). The maximum absolute atomic E-state index is 8.57. The molecule has 0 fully saturated rings. The molecule has 114 valence electrons. The Hall–Kier alpha value is -0.770. The number of oxime groups is 1. The fraction of sp³-hybridized carbons (Fsp3) is 0.933. The predicted octanol–water partition coefficient (Wildman–Crippen LogP) is 3.44. The molecule has 0 rings (SSSR count). The van der Waals surface area contributed by atoms with Crippen LogP contribution < -0.4 is 5.73 Å². The second kappa shape index (κ2) is 12.3. The van der Waals surface area contributed by atoms with Crippen LogP contribution in [0.5, 0.6) is 0 Å². The topological polar surface area (TPSA) is 61.8 Å². The van der Waals surface area contributed by atoms with Crippen LogP contribution in [0.2, 0.25) is 0 Å². The molecule has 0 bridgehead atoms. The van der Waals surface area contributed by atoms with Crippen molar-refractivity contribution in [3.05, 3.63) is 0 Å². The molecule has 0 radical (unpaired) electrons. The van der Waals surface area contributed by atoms with Crippen LogP contribution in [0, 0.1) is 5.92 Å². The summed E-state index contributed by atoms with van der Waals surface area (Å²) in [7, 11) is 0. The van der Waals surface area contributed by atoms with Gasteiger partial charge in [-0.15, -0.1) is 0 Å². The Bertz CT molecular complexity index is 229. The van der Waals surface area contributed by atoms with E-state index < -0.39 is 0 Å². The molecular weight excluding hydrogens is 238 g/mol. The van der Waals surface area contributed by atoms with E-state index in [0.29, 0.717) is 18.2 Å². The smallest absolute Gasteiger partial charge is 0.140 e. The Labute approximate surface area is 119 Å². The SMILES string of the molecule is CCCCCCCCN(CCC(N)=NO)CC(C)C. The number of rotatable bonds is 12. The van der Waals surface area contributed by atoms with E-state index in [1.165, 1.54) is 38.5 Å². The molecule has 4 nitrogen and oxygen atoms in total. The van der Waals surface area contributed by atoms with Crippen LogP contribution in [0.15, 0.2) is 5.16 Å². The molecule has 0 aromatic carbocycles. The Kier molecular flexibility index (Phi) is 11.8. The van der Waals surface area contributed by atoms with E-state index in [1.54, 1.807) is 0 Å². The van der Waals surface area contributed by atoms with Gasteiger partial charge in [-0.1, -0.05) is 58.0 Å². The molecule has 3 N–H and O–H groups in total. The first-order valence-corrected chi connectivity index (χ1v) is 7.78. The van der Waals surface area contributed by atoms with Crippen LogP contribution in [0.25, 0.3) is 0 Å². The number of nitrogens with zero attached hydrogens (tertiary/aromatic N) is 2. The highest BCUT2D eigenvalue weighted by Crippen LogP contribution is 2.07. The van der Waals surface area contributed by atoms with Crippen LogP contribution in [0.3, 0.4) is 0 Å². The number of amidine groups is 1. The number of hydrogen-bond acceptors (Lipinski definition) is 3. The summed E-state index contributed by atoms with van der Waals surface area (Å²) in [6.07, 6.45) is 8.61. The van der Waals surface area contributed by atoms with Crippen molar-refractivity contribution in [2.24, 2.45) is 16.8 Å². The highest BCUT2D eigenvalue weighted by molar-refractivity contribution is 5.79. The summed E-state index contributed by atoms with van der Waals surface area (Å²) < 4.78 is 0. The van der Waals surface area contributed by atoms with Crippen molar-refractivity contribution in [2.75, 3.05) is 19.6 Å². The average molecular weight is 271 g/mol. The molecule has 0 aliphatic carbocycles. The van der Waals surface area contributed by atoms with E-state index in [-0.39, 0.29) is 0 Å². The van der Waals surface area contributed by atoms with Gasteiger partial charge in [-0.25, -0.2) is 0 Å². The van der Waals surface area contributed by atoms with Crippen LogP contribution in [-0.2, 0) is 0 Å². The third-order valence-electron chi connectivity index (χ3n) is 3.26. The van der Waals surface area contributed by atoms with Crippen LogP contribution in [0.4, 0.5) is 0 Å². The number of unbranched alkanes of at least 4 members (excludes halogenated alkanes) is 5. The zero-order valence-electron chi connectivity index (χ0n) is 13.1. The highest BCUT2D eigenvalue weighted by Gasteiger charge is 2.08. The minimum atomic E-state index is 0.330. The van der Waals surface area contributed by atoms with Crippen LogP contribution in [0.1, 0.15) is 65.7 Å².